The molecule has 0 bridgehead atoms. The third-order valence-corrected chi connectivity index (χ3v) is 1.62. The van der Waals surface area contributed by atoms with E-state index in [1.807, 2.05) is 0 Å². The Labute approximate surface area is 81.7 Å². The van der Waals surface area contributed by atoms with Crippen LogP contribution in [0.25, 0.3) is 0 Å². The molecule has 0 aliphatic rings. The summed E-state index contributed by atoms with van der Waals surface area (Å²) in [6.45, 7) is -0.500. The smallest absolute Gasteiger partial charge is 0.221 e. The van der Waals surface area contributed by atoms with Crippen LogP contribution in [0.3, 0.4) is 0 Å². The lowest BCUT2D eigenvalue weighted by atomic mass is 10.1. The van der Waals surface area contributed by atoms with E-state index in [0.29, 0.717) is 5.75 Å². The molecule has 0 unspecified atom stereocenters. The summed E-state index contributed by atoms with van der Waals surface area (Å²) in [5, 5.41) is 0. The Morgan fingerprint density at radius 1 is 1.50 bits per heavy atom. The van der Waals surface area contributed by atoms with Gasteiger partial charge in [-0.05, 0) is 17.7 Å². The molecular weight excluding hydrogens is 185 g/mol. The van der Waals surface area contributed by atoms with Crippen molar-refractivity contribution in [1.82, 2.24) is 0 Å². The van der Waals surface area contributed by atoms with Crippen molar-refractivity contribution in [3.8, 4) is 5.75 Å². The minimum absolute atomic E-state index is 0.0278. The summed E-state index contributed by atoms with van der Waals surface area (Å²) in [5.41, 5.74) is 5.81. The van der Waals surface area contributed by atoms with Gasteiger partial charge in [-0.15, -0.1) is 0 Å². The van der Waals surface area contributed by atoms with Gasteiger partial charge in [-0.2, -0.15) is 0 Å². The maximum atomic E-state index is 11.8. The standard InChI is InChI=1S/C10H12FNO2/c11-4-5-14-9-3-1-2-8(6-9)7-10(12)13/h1-3,6H,4-5,7H2,(H2,12,13). The van der Waals surface area contributed by atoms with Gasteiger partial charge in [-0.3, -0.25) is 4.79 Å². The third-order valence-electron chi connectivity index (χ3n) is 1.62. The monoisotopic (exact) mass is 197 g/mol. The van der Waals surface area contributed by atoms with Gasteiger partial charge < -0.3 is 10.5 Å². The van der Waals surface area contributed by atoms with Gasteiger partial charge in [0.15, 0.2) is 0 Å². The Kier molecular flexibility index (Phi) is 3.91. The zero-order chi connectivity index (χ0) is 10.4. The number of hydrogen-bond donors (Lipinski definition) is 1. The maximum Gasteiger partial charge on any atom is 0.221 e. The van der Waals surface area contributed by atoms with Crippen molar-refractivity contribution in [3.05, 3.63) is 29.8 Å². The van der Waals surface area contributed by atoms with Crippen molar-refractivity contribution in [2.45, 2.75) is 6.42 Å². The minimum Gasteiger partial charge on any atom is -0.491 e. The number of halogens is 1. The molecule has 4 heteroatoms. The van der Waals surface area contributed by atoms with E-state index in [1.54, 1.807) is 24.3 Å². The number of ether oxygens (including phenoxy) is 1. The van der Waals surface area contributed by atoms with Crippen molar-refractivity contribution < 1.29 is 13.9 Å². The highest BCUT2D eigenvalue weighted by Gasteiger charge is 2.00. The lowest BCUT2D eigenvalue weighted by Gasteiger charge is -2.04. The van der Waals surface area contributed by atoms with Crippen LogP contribution in [0.4, 0.5) is 4.39 Å². The van der Waals surface area contributed by atoms with Gasteiger partial charge in [0.2, 0.25) is 5.91 Å². The molecule has 0 spiro atoms. The second kappa shape index (κ2) is 5.21. The van der Waals surface area contributed by atoms with Crippen LogP contribution in [-0.4, -0.2) is 19.2 Å². The van der Waals surface area contributed by atoms with Crippen LogP contribution in [0.2, 0.25) is 0 Å². The lowest BCUT2D eigenvalue weighted by molar-refractivity contribution is -0.117. The molecule has 0 saturated heterocycles. The summed E-state index contributed by atoms with van der Waals surface area (Å²) < 4.78 is 16.8. The van der Waals surface area contributed by atoms with Gasteiger partial charge >= 0.3 is 0 Å². The van der Waals surface area contributed by atoms with E-state index in [1.165, 1.54) is 0 Å². The Balaban J connectivity index is 2.63. The van der Waals surface area contributed by atoms with E-state index in [4.69, 9.17) is 10.5 Å². The second-order valence-corrected chi connectivity index (χ2v) is 2.83. The fourth-order valence-electron chi connectivity index (χ4n) is 1.10. The number of hydrogen-bond acceptors (Lipinski definition) is 2. The van der Waals surface area contributed by atoms with Crippen molar-refractivity contribution in [1.29, 1.82) is 0 Å². The summed E-state index contributed by atoms with van der Waals surface area (Å²) in [6, 6.07) is 6.90. The summed E-state index contributed by atoms with van der Waals surface area (Å²) in [4.78, 5) is 10.6. The first kappa shape index (κ1) is 10.5. The van der Waals surface area contributed by atoms with Gasteiger partial charge in [-0.1, -0.05) is 12.1 Å². The Hall–Kier alpha value is -1.58. The number of amides is 1. The zero-order valence-corrected chi connectivity index (χ0v) is 7.70. The number of benzene rings is 1. The predicted octanol–water partition coefficient (Wildman–Crippen LogP) is 1.06. The van der Waals surface area contributed by atoms with Crippen molar-refractivity contribution in [2.75, 3.05) is 13.3 Å². The van der Waals surface area contributed by atoms with Crippen LogP contribution in [0.5, 0.6) is 5.75 Å². The molecule has 0 atom stereocenters. The van der Waals surface area contributed by atoms with E-state index in [2.05, 4.69) is 0 Å². The molecule has 1 rings (SSSR count). The van der Waals surface area contributed by atoms with Crippen molar-refractivity contribution in [3.63, 3.8) is 0 Å². The fourth-order valence-corrected chi connectivity index (χ4v) is 1.10. The van der Waals surface area contributed by atoms with E-state index in [0.717, 1.165) is 5.56 Å². The molecular formula is C10H12FNO2. The summed E-state index contributed by atoms with van der Waals surface area (Å²) in [7, 11) is 0. The first-order valence-electron chi connectivity index (χ1n) is 4.28. The largest absolute Gasteiger partial charge is 0.491 e. The van der Waals surface area contributed by atoms with Crippen LogP contribution < -0.4 is 10.5 Å². The van der Waals surface area contributed by atoms with E-state index in [9.17, 15) is 9.18 Å². The molecule has 14 heavy (non-hydrogen) atoms. The SMILES string of the molecule is NC(=O)Cc1cccc(OCCF)c1. The minimum atomic E-state index is -0.528. The number of carbonyl (C=O) groups excluding carboxylic acids is 1. The molecule has 0 fully saturated rings. The van der Waals surface area contributed by atoms with E-state index >= 15 is 0 Å². The van der Waals surface area contributed by atoms with Gasteiger partial charge in [0, 0.05) is 0 Å². The van der Waals surface area contributed by atoms with Crippen LogP contribution in [-0.2, 0) is 11.2 Å². The molecule has 1 aromatic carbocycles. The highest BCUT2D eigenvalue weighted by molar-refractivity contribution is 5.76. The highest BCUT2D eigenvalue weighted by Crippen LogP contribution is 2.13. The first-order valence-corrected chi connectivity index (χ1v) is 4.28. The summed E-state index contributed by atoms with van der Waals surface area (Å²) in [5.74, 6) is 0.161. The Bertz CT molecular complexity index is 315. The molecule has 3 nitrogen and oxygen atoms in total. The Morgan fingerprint density at radius 2 is 2.29 bits per heavy atom. The molecule has 0 aromatic heterocycles. The molecule has 76 valence electrons. The average Bonchev–Trinajstić information content (AvgIpc) is 2.14. The number of rotatable bonds is 5. The summed E-state index contributed by atoms with van der Waals surface area (Å²) in [6.07, 6.45) is 0.173. The maximum absolute atomic E-state index is 11.8. The van der Waals surface area contributed by atoms with Gasteiger partial charge in [0.05, 0.1) is 6.42 Å². The number of nitrogens with two attached hydrogens (primary N) is 1. The van der Waals surface area contributed by atoms with Gasteiger partial charge in [0.1, 0.15) is 19.0 Å². The van der Waals surface area contributed by atoms with Crippen LogP contribution in [0.1, 0.15) is 5.56 Å². The van der Waals surface area contributed by atoms with Crippen molar-refractivity contribution >= 4 is 5.91 Å². The normalized spacial score (nSPS) is 9.79. The fraction of sp³-hybridized carbons (Fsp3) is 0.300. The molecule has 0 saturated carbocycles. The first-order chi connectivity index (χ1) is 6.72. The lowest BCUT2D eigenvalue weighted by Crippen LogP contribution is -2.13. The molecule has 0 radical (unpaired) electrons. The topological polar surface area (TPSA) is 52.3 Å². The van der Waals surface area contributed by atoms with E-state index in [-0.39, 0.29) is 13.0 Å². The Morgan fingerprint density at radius 3 is 2.93 bits per heavy atom. The average molecular weight is 197 g/mol. The van der Waals surface area contributed by atoms with Crippen molar-refractivity contribution in [2.24, 2.45) is 5.73 Å². The zero-order valence-electron chi connectivity index (χ0n) is 7.70. The number of primary amides is 1. The van der Waals surface area contributed by atoms with Gasteiger partial charge in [0.25, 0.3) is 0 Å². The quantitative estimate of drug-likeness (QED) is 0.767. The van der Waals surface area contributed by atoms with E-state index < -0.39 is 12.6 Å². The predicted molar refractivity (Wildman–Crippen MR) is 50.8 cm³/mol. The molecule has 0 aliphatic carbocycles. The molecule has 2 N–H and O–H groups in total. The van der Waals surface area contributed by atoms with Gasteiger partial charge in [-0.25, -0.2) is 4.39 Å². The second-order valence-electron chi connectivity index (χ2n) is 2.83. The third kappa shape index (κ3) is 3.43. The summed E-state index contributed by atoms with van der Waals surface area (Å²) >= 11 is 0. The van der Waals surface area contributed by atoms with Crippen LogP contribution >= 0.6 is 0 Å². The molecule has 0 aliphatic heterocycles. The molecule has 0 heterocycles. The number of carbonyl (C=O) groups is 1. The molecule has 1 amide bonds. The van der Waals surface area contributed by atoms with Crippen LogP contribution in [0, 0.1) is 0 Å². The number of alkyl halides is 1. The van der Waals surface area contributed by atoms with Crippen LogP contribution in [0.15, 0.2) is 24.3 Å². The molecule has 1 aromatic rings. The highest BCUT2D eigenvalue weighted by atomic mass is 19.1.